The topological polar surface area (TPSA) is 40.6 Å². The molecule has 4 nitrogen and oxygen atoms in total. The van der Waals surface area contributed by atoms with Crippen molar-refractivity contribution in [3.8, 4) is 0 Å². The van der Waals surface area contributed by atoms with Gasteiger partial charge in [-0.2, -0.15) is 0 Å². The molecule has 1 aliphatic carbocycles. The van der Waals surface area contributed by atoms with Gasteiger partial charge in [0.15, 0.2) is 0 Å². The second kappa shape index (κ2) is 10.6. The van der Waals surface area contributed by atoms with Crippen molar-refractivity contribution < 1.29 is 9.59 Å². The Morgan fingerprint density at radius 1 is 1.03 bits per heavy atom. The van der Waals surface area contributed by atoms with Crippen LogP contribution in [0.15, 0.2) is 41.8 Å². The monoisotopic (exact) mass is 412 g/mol. The Kier molecular flexibility index (Phi) is 7.87. The standard InChI is InChI=1S/C24H32N2O2S/c1-3-14-25(24(28)21-11-7-8-12-21)18-23(27)26(16-20-9-5-4-6-10-20)17-22-19(2)13-15-29-22/h4-6,9-10,13,15,21H,3,7-8,11-12,14,16-18H2,1-2H3. The highest BCUT2D eigenvalue weighted by Gasteiger charge is 2.29. The first kappa shape index (κ1) is 21.6. The summed E-state index contributed by atoms with van der Waals surface area (Å²) in [6.45, 7) is 6.14. The third-order valence-electron chi connectivity index (χ3n) is 5.71. The van der Waals surface area contributed by atoms with E-state index in [9.17, 15) is 9.59 Å². The summed E-state index contributed by atoms with van der Waals surface area (Å²) >= 11 is 1.69. The molecule has 156 valence electrons. The molecule has 0 saturated heterocycles. The van der Waals surface area contributed by atoms with E-state index in [1.807, 2.05) is 23.1 Å². The largest absolute Gasteiger partial charge is 0.333 e. The van der Waals surface area contributed by atoms with E-state index in [-0.39, 0.29) is 24.3 Å². The first-order chi connectivity index (χ1) is 14.1. The van der Waals surface area contributed by atoms with Crippen LogP contribution in [-0.4, -0.2) is 34.7 Å². The fourth-order valence-corrected chi connectivity index (χ4v) is 4.93. The zero-order valence-corrected chi connectivity index (χ0v) is 18.4. The molecule has 0 spiro atoms. The maximum Gasteiger partial charge on any atom is 0.242 e. The normalized spacial score (nSPS) is 14.1. The zero-order chi connectivity index (χ0) is 20.6. The Morgan fingerprint density at radius 2 is 1.76 bits per heavy atom. The third-order valence-corrected chi connectivity index (χ3v) is 6.72. The van der Waals surface area contributed by atoms with Crippen molar-refractivity contribution in [2.75, 3.05) is 13.1 Å². The Labute approximate surface area is 178 Å². The van der Waals surface area contributed by atoms with Crippen molar-refractivity contribution >= 4 is 23.2 Å². The minimum Gasteiger partial charge on any atom is -0.333 e. The number of hydrogen-bond acceptors (Lipinski definition) is 3. The van der Waals surface area contributed by atoms with Gasteiger partial charge in [-0.3, -0.25) is 9.59 Å². The Morgan fingerprint density at radius 3 is 2.38 bits per heavy atom. The number of thiophene rings is 1. The lowest BCUT2D eigenvalue weighted by atomic mass is 10.1. The first-order valence-electron chi connectivity index (χ1n) is 10.7. The number of nitrogens with zero attached hydrogens (tertiary/aromatic N) is 2. The van der Waals surface area contributed by atoms with Crippen molar-refractivity contribution in [2.24, 2.45) is 5.92 Å². The predicted octanol–water partition coefficient (Wildman–Crippen LogP) is 5.01. The molecule has 1 aromatic carbocycles. The summed E-state index contributed by atoms with van der Waals surface area (Å²) in [4.78, 5) is 31.2. The molecule has 1 aliphatic rings. The molecule has 0 unspecified atom stereocenters. The maximum absolute atomic E-state index is 13.3. The number of hydrogen-bond donors (Lipinski definition) is 0. The van der Waals surface area contributed by atoms with E-state index < -0.39 is 0 Å². The van der Waals surface area contributed by atoms with Crippen LogP contribution in [-0.2, 0) is 22.7 Å². The molecule has 1 aromatic heterocycles. The van der Waals surface area contributed by atoms with Gasteiger partial charge in [-0.05, 0) is 48.8 Å². The first-order valence-corrected chi connectivity index (χ1v) is 11.6. The van der Waals surface area contributed by atoms with Crippen LogP contribution >= 0.6 is 11.3 Å². The summed E-state index contributed by atoms with van der Waals surface area (Å²) in [5, 5.41) is 2.07. The number of benzene rings is 1. The van der Waals surface area contributed by atoms with Gasteiger partial charge in [0, 0.05) is 23.9 Å². The number of amides is 2. The van der Waals surface area contributed by atoms with E-state index in [0.717, 1.165) is 37.7 Å². The summed E-state index contributed by atoms with van der Waals surface area (Å²) in [6, 6.07) is 12.2. The van der Waals surface area contributed by atoms with E-state index in [1.165, 1.54) is 10.4 Å². The summed E-state index contributed by atoms with van der Waals surface area (Å²) in [6.07, 6.45) is 5.06. The van der Waals surface area contributed by atoms with E-state index in [0.29, 0.717) is 19.6 Å². The maximum atomic E-state index is 13.3. The molecule has 1 saturated carbocycles. The van der Waals surface area contributed by atoms with Crippen LogP contribution in [0.1, 0.15) is 55.0 Å². The Balaban J connectivity index is 1.74. The predicted molar refractivity (Wildman–Crippen MR) is 119 cm³/mol. The average molecular weight is 413 g/mol. The van der Waals surface area contributed by atoms with Crippen molar-refractivity contribution in [3.63, 3.8) is 0 Å². The molecule has 1 fully saturated rings. The molecule has 0 bridgehead atoms. The SMILES string of the molecule is CCCN(CC(=O)N(Cc1ccccc1)Cc1sccc1C)C(=O)C1CCCC1. The number of carbonyl (C=O) groups is 2. The van der Waals surface area contributed by atoms with Crippen LogP contribution in [0, 0.1) is 12.8 Å². The molecule has 29 heavy (non-hydrogen) atoms. The molecule has 0 aliphatic heterocycles. The van der Waals surface area contributed by atoms with Crippen molar-refractivity contribution in [1.29, 1.82) is 0 Å². The molecule has 0 atom stereocenters. The second-order valence-corrected chi connectivity index (χ2v) is 9.00. The summed E-state index contributed by atoms with van der Waals surface area (Å²) in [5.74, 6) is 0.308. The molecule has 1 heterocycles. The van der Waals surface area contributed by atoms with E-state index >= 15 is 0 Å². The zero-order valence-electron chi connectivity index (χ0n) is 17.6. The van der Waals surface area contributed by atoms with Crippen LogP contribution in [0.3, 0.4) is 0 Å². The average Bonchev–Trinajstić information content (AvgIpc) is 3.40. The summed E-state index contributed by atoms with van der Waals surface area (Å²) in [5.41, 5.74) is 2.33. The van der Waals surface area contributed by atoms with E-state index in [1.54, 1.807) is 16.2 Å². The fraction of sp³-hybridized carbons (Fsp3) is 0.500. The number of carbonyl (C=O) groups excluding carboxylic acids is 2. The number of rotatable bonds is 9. The number of aryl methyl sites for hydroxylation is 1. The Bertz CT molecular complexity index is 796. The molecular formula is C24H32N2O2S. The smallest absolute Gasteiger partial charge is 0.242 e. The minimum absolute atomic E-state index is 0.0291. The molecule has 0 N–H and O–H groups in total. The van der Waals surface area contributed by atoms with Crippen molar-refractivity contribution in [2.45, 2.75) is 59.0 Å². The summed E-state index contributed by atoms with van der Waals surface area (Å²) < 4.78 is 0. The van der Waals surface area contributed by atoms with Gasteiger partial charge >= 0.3 is 0 Å². The lowest BCUT2D eigenvalue weighted by molar-refractivity contribution is -0.143. The van der Waals surface area contributed by atoms with Gasteiger partial charge in [0.1, 0.15) is 0 Å². The minimum atomic E-state index is 0.0291. The van der Waals surface area contributed by atoms with E-state index in [2.05, 4.69) is 37.4 Å². The molecule has 2 amide bonds. The quantitative estimate of drug-likeness (QED) is 0.581. The second-order valence-electron chi connectivity index (χ2n) is 8.00. The molecular weight excluding hydrogens is 380 g/mol. The van der Waals surface area contributed by atoms with Gasteiger partial charge in [0.25, 0.3) is 0 Å². The van der Waals surface area contributed by atoms with E-state index in [4.69, 9.17) is 0 Å². The highest BCUT2D eigenvalue weighted by Crippen LogP contribution is 2.27. The molecule has 0 radical (unpaired) electrons. The fourth-order valence-electron chi connectivity index (χ4n) is 4.01. The van der Waals surface area contributed by atoms with Crippen LogP contribution < -0.4 is 0 Å². The van der Waals surface area contributed by atoms with Crippen LogP contribution in [0.5, 0.6) is 0 Å². The molecule has 3 rings (SSSR count). The Hall–Kier alpha value is -2.14. The van der Waals surface area contributed by atoms with Crippen molar-refractivity contribution in [1.82, 2.24) is 9.80 Å². The van der Waals surface area contributed by atoms with Crippen LogP contribution in [0.25, 0.3) is 0 Å². The van der Waals surface area contributed by atoms with Crippen LogP contribution in [0.4, 0.5) is 0 Å². The van der Waals surface area contributed by atoms with Crippen LogP contribution in [0.2, 0.25) is 0 Å². The van der Waals surface area contributed by atoms with Crippen molar-refractivity contribution in [3.05, 3.63) is 57.8 Å². The van der Waals surface area contributed by atoms with Gasteiger partial charge in [-0.25, -0.2) is 0 Å². The lowest BCUT2D eigenvalue weighted by Gasteiger charge is -2.29. The lowest BCUT2D eigenvalue weighted by Crippen LogP contribution is -2.44. The molecule has 2 aromatic rings. The highest BCUT2D eigenvalue weighted by molar-refractivity contribution is 7.10. The summed E-state index contributed by atoms with van der Waals surface area (Å²) in [7, 11) is 0. The van der Waals surface area contributed by atoms with Gasteiger partial charge in [0.05, 0.1) is 13.1 Å². The van der Waals surface area contributed by atoms with Gasteiger partial charge in [0.2, 0.25) is 11.8 Å². The van der Waals surface area contributed by atoms with Gasteiger partial charge < -0.3 is 9.80 Å². The highest BCUT2D eigenvalue weighted by atomic mass is 32.1. The van der Waals surface area contributed by atoms with Gasteiger partial charge in [-0.1, -0.05) is 50.1 Å². The third kappa shape index (κ3) is 5.92. The van der Waals surface area contributed by atoms with Gasteiger partial charge in [-0.15, -0.1) is 11.3 Å². The molecule has 5 heteroatoms.